The zero-order chi connectivity index (χ0) is 5.86. The Balaban J connectivity index is 3.34. The fourth-order valence-corrected chi connectivity index (χ4v) is 0.155. The Hall–Kier alpha value is 0.170. The number of carbonyl (C=O) groups is 1. The van der Waals surface area contributed by atoms with Gasteiger partial charge in [0.05, 0.1) is 0 Å². The molecule has 1 N–H and O–H groups in total. The van der Waals surface area contributed by atoms with Crippen molar-refractivity contribution in [3.8, 4) is 0 Å². The molecule has 0 saturated carbocycles. The standard InChI is InChI=1S/C3H6NO2.Ag/c1-4(2-5)3-6;/h5H,2H2,1H3;. The van der Waals surface area contributed by atoms with E-state index in [1.165, 1.54) is 7.05 Å². The van der Waals surface area contributed by atoms with Gasteiger partial charge in [0.1, 0.15) is 0 Å². The van der Waals surface area contributed by atoms with E-state index < -0.39 is 0 Å². The molecule has 0 aliphatic carbocycles. The number of hydrogen-bond acceptors (Lipinski definition) is 2. The zero-order valence-corrected chi connectivity index (χ0v) is 5.29. The molecule has 0 radical (unpaired) electrons. The van der Waals surface area contributed by atoms with Crippen LogP contribution in [0.5, 0.6) is 0 Å². The Morgan fingerprint density at radius 3 is 2.43 bits per heavy atom. The Kier molecular flexibility index (Phi) is 3.29. The quantitative estimate of drug-likeness (QED) is 0.455. The summed E-state index contributed by atoms with van der Waals surface area (Å²) in [4.78, 5) is 11.2. The number of nitrogens with zero attached hydrogens (tertiary/aromatic N) is 1. The molecule has 0 aromatic carbocycles. The molecule has 0 spiro atoms. The van der Waals surface area contributed by atoms with Crippen LogP contribution in [0.25, 0.3) is 0 Å². The molecule has 0 aliphatic rings. The van der Waals surface area contributed by atoms with Crippen LogP contribution >= 0.6 is 0 Å². The third-order valence-electron chi connectivity index (χ3n) is 0.483. The van der Waals surface area contributed by atoms with Crippen molar-refractivity contribution >= 4 is 4.13 Å². The van der Waals surface area contributed by atoms with Crippen molar-refractivity contribution in [1.82, 2.24) is 4.90 Å². The van der Waals surface area contributed by atoms with E-state index in [2.05, 4.69) is 21.1 Å². The second-order valence-corrected chi connectivity index (χ2v) is 1.69. The molecule has 1 amide bonds. The van der Waals surface area contributed by atoms with Crippen LogP contribution in [0.15, 0.2) is 0 Å². The number of aliphatic hydroxyl groups is 1. The van der Waals surface area contributed by atoms with Crippen molar-refractivity contribution in [2.45, 2.75) is 0 Å². The van der Waals surface area contributed by atoms with E-state index in [9.17, 15) is 4.79 Å². The van der Waals surface area contributed by atoms with Crippen LogP contribution in [0, 0.1) is 0 Å². The first-order valence-electron chi connectivity index (χ1n) is 1.66. The van der Waals surface area contributed by atoms with Crippen LogP contribution in [0.1, 0.15) is 0 Å². The van der Waals surface area contributed by atoms with Gasteiger partial charge in [-0.2, -0.15) is 0 Å². The van der Waals surface area contributed by atoms with Crippen LogP contribution in [0.4, 0.5) is 4.79 Å². The summed E-state index contributed by atoms with van der Waals surface area (Å²) in [5.74, 6) is 0. The second kappa shape index (κ2) is 3.21. The van der Waals surface area contributed by atoms with Crippen molar-refractivity contribution in [2.75, 3.05) is 13.8 Å². The van der Waals surface area contributed by atoms with Crippen molar-refractivity contribution in [2.24, 2.45) is 0 Å². The minimum atomic E-state index is -0.313. The molecule has 0 bridgehead atoms. The Labute approximate surface area is 54.2 Å². The Bertz CT molecular complexity index is 75.3. The number of rotatable bonds is 1. The van der Waals surface area contributed by atoms with Crippen LogP contribution < -0.4 is 0 Å². The average molecular weight is 196 g/mol. The van der Waals surface area contributed by atoms with Crippen molar-refractivity contribution in [3.05, 3.63) is 0 Å². The van der Waals surface area contributed by atoms with E-state index in [0.29, 0.717) is 0 Å². The first-order valence-corrected chi connectivity index (χ1v) is 2.40. The summed E-state index contributed by atoms with van der Waals surface area (Å²) in [6.07, 6.45) is 0. The number of amides is 1. The molecule has 46 valence electrons. The fraction of sp³-hybridized carbons (Fsp3) is 0.667. The first-order chi connectivity index (χ1) is 3.18. The zero-order valence-electron chi connectivity index (χ0n) is 3.81. The third-order valence-corrected chi connectivity index (χ3v) is 1.05. The molecular weight excluding hydrogens is 190 g/mol. The van der Waals surface area contributed by atoms with Gasteiger partial charge in [-0.25, -0.2) is 0 Å². The fourth-order valence-electron chi connectivity index (χ4n) is 0.0502. The van der Waals surface area contributed by atoms with Gasteiger partial charge in [-0.3, -0.25) is 0 Å². The summed E-state index contributed by atoms with van der Waals surface area (Å²) in [6, 6.07) is 0. The second-order valence-electron chi connectivity index (χ2n) is 1.06. The summed E-state index contributed by atoms with van der Waals surface area (Å²) in [7, 11) is 1.48. The molecule has 0 rings (SSSR count). The van der Waals surface area contributed by atoms with Gasteiger partial charge >= 0.3 is 53.8 Å². The molecule has 0 fully saturated rings. The Morgan fingerprint density at radius 2 is 2.43 bits per heavy atom. The Morgan fingerprint density at radius 1 is 2.00 bits per heavy atom. The van der Waals surface area contributed by atoms with Gasteiger partial charge in [-0.15, -0.1) is 0 Å². The van der Waals surface area contributed by atoms with Crippen LogP contribution in [-0.2, 0) is 21.1 Å². The van der Waals surface area contributed by atoms with Crippen molar-refractivity contribution in [3.63, 3.8) is 0 Å². The van der Waals surface area contributed by atoms with Gasteiger partial charge in [0, 0.05) is 0 Å². The van der Waals surface area contributed by atoms with Gasteiger partial charge in [0.2, 0.25) is 0 Å². The molecule has 0 unspecified atom stereocenters. The predicted octanol–water partition coefficient (Wildman–Crippen LogP) is -0.465. The monoisotopic (exact) mass is 195 g/mol. The SMILES string of the molecule is CN(CO)[C](=O)[Ag]. The molecule has 4 heteroatoms. The molecule has 0 aromatic rings. The number of hydrogen-bond donors (Lipinski definition) is 1. The van der Waals surface area contributed by atoms with Crippen molar-refractivity contribution in [1.29, 1.82) is 0 Å². The van der Waals surface area contributed by atoms with Gasteiger partial charge < -0.3 is 0 Å². The summed E-state index contributed by atoms with van der Waals surface area (Å²) in [5.41, 5.74) is 0. The first kappa shape index (κ1) is 7.17. The van der Waals surface area contributed by atoms with Crippen LogP contribution in [0.3, 0.4) is 0 Å². The summed E-state index contributed by atoms with van der Waals surface area (Å²) >= 11 is 2.64. The van der Waals surface area contributed by atoms with E-state index in [1.807, 2.05) is 0 Å². The molecule has 0 aliphatic heterocycles. The number of aliphatic hydroxyl groups excluding tert-OH is 1. The molecular formula is C3H6AgNO2. The van der Waals surface area contributed by atoms with Gasteiger partial charge in [-0.1, -0.05) is 0 Å². The summed E-state index contributed by atoms with van der Waals surface area (Å²) < 4.78 is -0.313. The third kappa shape index (κ3) is 2.82. The summed E-state index contributed by atoms with van der Waals surface area (Å²) in [6.45, 7) is -0.247. The normalized spacial score (nSPS) is 8.57. The van der Waals surface area contributed by atoms with Gasteiger partial charge in [0.15, 0.2) is 0 Å². The van der Waals surface area contributed by atoms with E-state index in [1.54, 1.807) is 0 Å². The minimum absolute atomic E-state index is 0.247. The van der Waals surface area contributed by atoms with E-state index in [-0.39, 0.29) is 10.9 Å². The van der Waals surface area contributed by atoms with Crippen LogP contribution in [-0.4, -0.2) is 27.9 Å². The molecule has 3 nitrogen and oxygen atoms in total. The average Bonchev–Trinajstić information content (AvgIpc) is 1.65. The van der Waals surface area contributed by atoms with E-state index >= 15 is 0 Å². The molecule has 7 heavy (non-hydrogen) atoms. The number of carbonyl (C=O) groups excluding carboxylic acids is 1. The topological polar surface area (TPSA) is 40.5 Å². The van der Waals surface area contributed by atoms with E-state index in [0.717, 1.165) is 4.90 Å². The van der Waals surface area contributed by atoms with E-state index in [4.69, 9.17) is 5.11 Å². The maximum absolute atomic E-state index is 10.1. The molecule has 0 atom stereocenters. The maximum atomic E-state index is 10.1. The van der Waals surface area contributed by atoms with Gasteiger partial charge in [0.25, 0.3) is 0 Å². The van der Waals surface area contributed by atoms with Crippen molar-refractivity contribution < 1.29 is 31.0 Å². The predicted molar refractivity (Wildman–Crippen MR) is 20.2 cm³/mol. The van der Waals surface area contributed by atoms with Gasteiger partial charge in [-0.05, 0) is 0 Å². The molecule has 0 aromatic heterocycles. The summed E-state index contributed by atoms with van der Waals surface area (Å²) in [5, 5.41) is 8.18. The molecule has 0 saturated heterocycles. The molecule has 0 heterocycles. The van der Waals surface area contributed by atoms with Crippen LogP contribution in [0.2, 0.25) is 0 Å².